The largest absolute Gasteiger partial charge is 0.379 e. The number of nitrogens with zero attached hydrogens (tertiary/aromatic N) is 4. The molecule has 32 heavy (non-hydrogen) atoms. The molecule has 2 heterocycles. The fraction of sp³-hybridized carbons (Fsp3) is 0.286. The van der Waals surface area contributed by atoms with Gasteiger partial charge in [-0.2, -0.15) is 14.2 Å². The Kier molecular flexibility index (Phi) is 6.56. The molecule has 2 aromatic carbocycles. The lowest BCUT2D eigenvalue weighted by atomic mass is 10.2. The van der Waals surface area contributed by atoms with Crippen LogP contribution in [0.4, 0.5) is 0 Å². The fourth-order valence-electron chi connectivity index (χ4n) is 3.39. The average Bonchev–Trinajstić information content (AvgIpc) is 3.20. The molecule has 0 saturated carbocycles. The Balaban J connectivity index is 1.52. The van der Waals surface area contributed by atoms with Gasteiger partial charge in [-0.25, -0.2) is 8.42 Å². The molecule has 0 bridgehead atoms. The van der Waals surface area contributed by atoms with Crippen molar-refractivity contribution in [2.45, 2.75) is 18.4 Å². The summed E-state index contributed by atoms with van der Waals surface area (Å²) in [6.07, 6.45) is 0. The van der Waals surface area contributed by atoms with Crippen LogP contribution >= 0.6 is 11.6 Å². The first kappa shape index (κ1) is 22.4. The second kappa shape index (κ2) is 9.37. The Morgan fingerprint density at radius 1 is 1.12 bits per heavy atom. The summed E-state index contributed by atoms with van der Waals surface area (Å²) in [7, 11) is -3.69. The van der Waals surface area contributed by atoms with Crippen LogP contribution in [0.5, 0.6) is 0 Å². The van der Waals surface area contributed by atoms with Crippen molar-refractivity contribution in [1.82, 2.24) is 24.6 Å². The van der Waals surface area contributed by atoms with Gasteiger partial charge in [0.15, 0.2) is 5.69 Å². The van der Waals surface area contributed by atoms with Gasteiger partial charge in [0.05, 0.1) is 29.5 Å². The van der Waals surface area contributed by atoms with E-state index in [1.807, 2.05) is 0 Å². The van der Waals surface area contributed by atoms with Gasteiger partial charge < -0.3 is 10.1 Å². The van der Waals surface area contributed by atoms with Crippen LogP contribution < -0.4 is 5.32 Å². The van der Waals surface area contributed by atoms with Gasteiger partial charge in [-0.1, -0.05) is 35.9 Å². The molecule has 0 unspecified atom stereocenters. The molecule has 1 saturated heterocycles. The number of benzene rings is 2. The van der Waals surface area contributed by atoms with Crippen molar-refractivity contribution in [3.63, 3.8) is 0 Å². The number of ether oxygens (including phenoxy) is 1. The maximum Gasteiger partial charge on any atom is 0.274 e. The standard InChI is InChI=1S/C21H22ClN5O4S/c1-15-20(25-27(24-15)18-7-4-6-17(22)13-18)21(28)23-14-16-5-2-3-8-19(16)32(29,30)26-9-11-31-12-10-26/h2-8,13H,9-12,14H2,1H3,(H,23,28). The van der Waals surface area contributed by atoms with Gasteiger partial charge in [-0.05, 0) is 36.8 Å². The van der Waals surface area contributed by atoms with Crippen LogP contribution in [0.1, 0.15) is 21.7 Å². The topological polar surface area (TPSA) is 106 Å². The Morgan fingerprint density at radius 3 is 2.62 bits per heavy atom. The summed E-state index contributed by atoms with van der Waals surface area (Å²) >= 11 is 6.02. The second-order valence-corrected chi connectivity index (χ2v) is 9.55. The number of halogens is 1. The van der Waals surface area contributed by atoms with Crippen molar-refractivity contribution < 1.29 is 17.9 Å². The van der Waals surface area contributed by atoms with Crippen LogP contribution in [-0.2, 0) is 21.3 Å². The molecule has 1 aliphatic rings. The van der Waals surface area contributed by atoms with Crippen LogP contribution in [0.15, 0.2) is 53.4 Å². The molecule has 0 radical (unpaired) electrons. The van der Waals surface area contributed by atoms with E-state index in [2.05, 4.69) is 15.5 Å². The van der Waals surface area contributed by atoms with E-state index in [9.17, 15) is 13.2 Å². The lowest BCUT2D eigenvalue weighted by molar-refractivity contribution is 0.0730. The van der Waals surface area contributed by atoms with Gasteiger partial charge in [0, 0.05) is 24.7 Å². The summed E-state index contributed by atoms with van der Waals surface area (Å²) < 4.78 is 32.8. The third-order valence-electron chi connectivity index (χ3n) is 5.04. The Hall–Kier alpha value is -2.79. The van der Waals surface area contributed by atoms with Crippen LogP contribution in [0.3, 0.4) is 0 Å². The van der Waals surface area contributed by atoms with Crippen LogP contribution in [-0.4, -0.2) is 59.9 Å². The summed E-state index contributed by atoms with van der Waals surface area (Å²) in [5, 5.41) is 11.8. The van der Waals surface area contributed by atoms with Crippen LogP contribution in [0, 0.1) is 6.92 Å². The van der Waals surface area contributed by atoms with Gasteiger partial charge in [-0.15, -0.1) is 5.10 Å². The monoisotopic (exact) mass is 475 g/mol. The summed E-state index contributed by atoms with van der Waals surface area (Å²) in [5.74, 6) is -0.450. The van der Waals surface area contributed by atoms with Crippen LogP contribution in [0.2, 0.25) is 5.02 Å². The smallest absolute Gasteiger partial charge is 0.274 e. The highest BCUT2D eigenvalue weighted by Gasteiger charge is 2.28. The predicted octanol–water partition coefficient (Wildman–Crippen LogP) is 2.18. The Labute approximate surface area is 191 Å². The summed E-state index contributed by atoms with van der Waals surface area (Å²) in [6.45, 7) is 3.03. The second-order valence-electron chi connectivity index (χ2n) is 7.21. The van der Waals surface area contributed by atoms with Gasteiger partial charge >= 0.3 is 0 Å². The van der Waals surface area contributed by atoms with Crippen molar-refractivity contribution in [3.05, 3.63) is 70.5 Å². The van der Waals surface area contributed by atoms with E-state index in [1.165, 1.54) is 9.10 Å². The first-order chi connectivity index (χ1) is 15.4. The highest BCUT2D eigenvalue weighted by molar-refractivity contribution is 7.89. The van der Waals surface area contributed by atoms with E-state index in [4.69, 9.17) is 16.3 Å². The quantitative estimate of drug-likeness (QED) is 0.585. The minimum Gasteiger partial charge on any atom is -0.379 e. The van der Waals surface area contributed by atoms with Gasteiger partial charge in [-0.3, -0.25) is 4.79 Å². The molecular formula is C21H22ClN5O4S. The number of sulfonamides is 1. The molecule has 11 heteroatoms. The molecule has 0 spiro atoms. The number of aryl methyl sites for hydroxylation is 1. The fourth-order valence-corrected chi connectivity index (χ4v) is 5.21. The van der Waals surface area contributed by atoms with Crippen molar-refractivity contribution >= 4 is 27.5 Å². The summed E-state index contributed by atoms with van der Waals surface area (Å²) in [5.41, 5.74) is 1.71. The van der Waals surface area contributed by atoms with E-state index in [1.54, 1.807) is 55.5 Å². The first-order valence-electron chi connectivity index (χ1n) is 10.00. The number of hydrogen-bond donors (Lipinski definition) is 1. The average molecular weight is 476 g/mol. The molecule has 0 aliphatic carbocycles. The highest BCUT2D eigenvalue weighted by atomic mass is 35.5. The number of carbonyl (C=O) groups excluding carboxylic acids is 1. The zero-order valence-electron chi connectivity index (χ0n) is 17.4. The van der Waals surface area contributed by atoms with Crippen molar-refractivity contribution in [1.29, 1.82) is 0 Å². The van der Waals surface area contributed by atoms with E-state index in [-0.39, 0.29) is 17.1 Å². The lowest BCUT2D eigenvalue weighted by Gasteiger charge is -2.27. The predicted molar refractivity (Wildman–Crippen MR) is 118 cm³/mol. The van der Waals surface area contributed by atoms with Gasteiger partial charge in [0.2, 0.25) is 10.0 Å². The number of morpholine rings is 1. The number of rotatable bonds is 6. The number of hydrogen-bond acceptors (Lipinski definition) is 6. The molecule has 1 aromatic heterocycles. The van der Waals surface area contributed by atoms with E-state index >= 15 is 0 Å². The third kappa shape index (κ3) is 4.68. The van der Waals surface area contributed by atoms with Crippen molar-refractivity contribution in [2.75, 3.05) is 26.3 Å². The molecule has 1 fully saturated rings. The van der Waals surface area contributed by atoms with E-state index in [0.29, 0.717) is 48.3 Å². The molecule has 9 nitrogen and oxygen atoms in total. The number of aromatic nitrogens is 3. The molecule has 3 aromatic rings. The van der Waals surface area contributed by atoms with Crippen molar-refractivity contribution in [2.24, 2.45) is 0 Å². The van der Waals surface area contributed by atoms with Gasteiger partial charge in [0.25, 0.3) is 5.91 Å². The zero-order chi connectivity index (χ0) is 22.7. The van der Waals surface area contributed by atoms with E-state index in [0.717, 1.165) is 0 Å². The minimum absolute atomic E-state index is 0.0298. The van der Waals surface area contributed by atoms with Crippen molar-refractivity contribution in [3.8, 4) is 5.69 Å². The molecular weight excluding hydrogens is 454 g/mol. The third-order valence-corrected chi connectivity index (χ3v) is 7.27. The zero-order valence-corrected chi connectivity index (χ0v) is 18.9. The number of amides is 1. The summed E-state index contributed by atoms with van der Waals surface area (Å²) in [4.78, 5) is 14.3. The SMILES string of the molecule is Cc1nn(-c2cccc(Cl)c2)nc1C(=O)NCc1ccccc1S(=O)(=O)N1CCOCC1. The summed E-state index contributed by atoms with van der Waals surface area (Å²) in [6, 6.07) is 13.6. The number of nitrogens with one attached hydrogen (secondary N) is 1. The Morgan fingerprint density at radius 2 is 1.88 bits per heavy atom. The molecule has 1 N–H and O–H groups in total. The van der Waals surface area contributed by atoms with Crippen LogP contribution in [0.25, 0.3) is 5.69 Å². The normalized spacial score (nSPS) is 14.9. The lowest BCUT2D eigenvalue weighted by Crippen LogP contribution is -2.41. The molecule has 4 rings (SSSR count). The molecule has 0 atom stereocenters. The maximum atomic E-state index is 13.1. The van der Waals surface area contributed by atoms with Gasteiger partial charge in [0.1, 0.15) is 0 Å². The highest BCUT2D eigenvalue weighted by Crippen LogP contribution is 2.21. The molecule has 1 aliphatic heterocycles. The number of carbonyl (C=O) groups is 1. The van der Waals surface area contributed by atoms with E-state index < -0.39 is 15.9 Å². The Bertz CT molecular complexity index is 1240. The maximum absolute atomic E-state index is 13.1. The molecule has 1 amide bonds. The molecule has 168 valence electrons. The first-order valence-corrected chi connectivity index (χ1v) is 11.8. The minimum atomic E-state index is -3.69.